The van der Waals surface area contributed by atoms with Crippen molar-refractivity contribution in [2.24, 2.45) is 5.92 Å². The van der Waals surface area contributed by atoms with Gasteiger partial charge in [0.1, 0.15) is 0 Å². The second kappa shape index (κ2) is 10.3. The molecule has 1 unspecified atom stereocenters. The zero-order valence-corrected chi connectivity index (χ0v) is 18.7. The number of carbonyl (C=O) groups is 2. The summed E-state index contributed by atoms with van der Waals surface area (Å²) in [6.07, 6.45) is 1.02. The van der Waals surface area contributed by atoms with Crippen molar-refractivity contribution in [3.63, 3.8) is 0 Å². The lowest BCUT2D eigenvalue weighted by atomic mass is 9.96. The summed E-state index contributed by atoms with van der Waals surface area (Å²) in [5.41, 5.74) is 3.86. The molecule has 0 bridgehead atoms. The molecule has 0 aliphatic heterocycles. The largest absolute Gasteiger partial charge is 0.326 e. The van der Waals surface area contributed by atoms with Gasteiger partial charge in [-0.25, -0.2) is 0 Å². The molecule has 0 aromatic heterocycles. The van der Waals surface area contributed by atoms with Gasteiger partial charge >= 0.3 is 0 Å². The van der Waals surface area contributed by atoms with Crippen molar-refractivity contribution in [1.82, 2.24) is 0 Å². The van der Waals surface area contributed by atoms with Crippen LogP contribution < -0.4 is 10.6 Å². The Morgan fingerprint density at radius 3 is 2.13 bits per heavy atom. The van der Waals surface area contributed by atoms with E-state index < -0.39 is 0 Å². The van der Waals surface area contributed by atoms with Crippen LogP contribution in [0.15, 0.2) is 72.8 Å². The molecule has 0 aliphatic carbocycles. The van der Waals surface area contributed by atoms with E-state index in [4.69, 9.17) is 11.6 Å². The standard InChI is InChI=1S/C26H27ClN2O2/c1-17(2)14-19-10-12-20(13-11-19)18(3)25(30)28-23-8-4-6-21(15-23)26(31)29-24-9-5-7-22(27)16-24/h4-13,15-18H,14H2,1-3H3,(H,28,30)(H,29,31). The number of amides is 2. The molecule has 0 aliphatic rings. The lowest BCUT2D eigenvalue weighted by Crippen LogP contribution is -2.19. The highest BCUT2D eigenvalue weighted by Gasteiger charge is 2.16. The van der Waals surface area contributed by atoms with Crippen LogP contribution in [0.4, 0.5) is 11.4 Å². The fourth-order valence-electron chi connectivity index (χ4n) is 3.32. The summed E-state index contributed by atoms with van der Waals surface area (Å²) in [6, 6.07) is 22.0. The maximum Gasteiger partial charge on any atom is 0.255 e. The smallest absolute Gasteiger partial charge is 0.255 e. The highest BCUT2D eigenvalue weighted by molar-refractivity contribution is 6.31. The molecule has 5 heteroatoms. The molecule has 0 saturated heterocycles. The maximum absolute atomic E-state index is 12.8. The van der Waals surface area contributed by atoms with Gasteiger partial charge in [0.2, 0.25) is 5.91 Å². The summed E-state index contributed by atoms with van der Waals surface area (Å²) in [5, 5.41) is 6.27. The van der Waals surface area contributed by atoms with Gasteiger partial charge in [0.05, 0.1) is 5.92 Å². The number of halogens is 1. The summed E-state index contributed by atoms with van der Waals surface area (Å²) >= 11 is 5.97. The Bertz CT molecular complexity index is 1060. The predicted molar refractivity (Wildman–Crippen MR) is 128 cm³/mol. The van der Waals surface area contributed by atoms with Gasteiger partial charge in [-0.3, -0.25) is 9.59 Å². The minimum Gasteiger partial charge on any atom is -0.326 e. The van der Waals surface area contributed by atoms with Crippen LogP contribution in [0.5, 0.6) is 0 Å². The van der Waals surface area contributed by atoms with Crippen molar-refractivity contribution in [3.05, 3.63) is 94.5 Å². The first-order valence-electron chi connectivity index (χ1n) is 10.4. The normalized spacial score (nSPS) is 11.8. The van der Waals surface area contributed by atoms with Crippen LogP contribution >= 0.6 is 11.6 Å². The van der Waals surface area contributed by atoms with Gasteiger partial charge in [-0.05, 0) is 66.8 Å². The summed E-state index contributed by atoms with van der Waals surface area (Å²) in [7, 11) is 0. The molecule has 0 fully saturated rings. The Balaban J connectivity index is 1.65. The first-order valence-corrected chi connectivity index (χ1v) is 10.8. The first kappa shape index (κ1) is 22.6. The van der Waals surface area contributed by atoms with E-state index in [-0.39, 0.29) is 17.7 Å². The average Bonchev–Trinajstić information content (AvgIpc) is 2.73. The zero-order chi connectivity index (χ0) is 22.4. The van der Waals surface area contributed by atoms with Crippen molar-refractivity contribution < 1.29 is 9.59 Å². The van der Waals surface area contributed by atoms with Crippen molar-refractivity contribution in [2.75, 3.05) is 10.6 Å². The summed E-state index contributed by atoms with van der Waals surface area (Å²) in [4.78, 5) is 25.3. The van der Waals surface area contributed by atoms with Crippen LogP contribution in [0, 0.1) is 5.92 Å². The maximum atomic E-state index is 12.8. The van der Waals surface area contributed by atoms with Crippen LogP contribution in [-0.4, -0.2) is 11.8 Å². The molecule has 1 atom stereocenters. The lowest BCUT2D eigenvalue weighted by molar-refractivity contribution is -0.117. The van der Waals surface area contributed by atoms with E-state index in [1.165, 1.54) is 5.56 Å². The van der Waals surface area contributed by atoms with Crippen molar-refractivity contribution >= 4 is 34.8 Å². The Kier molecular flexibility index (Phi) is 7.48. The highest BCUT2D eigenvalue weighted by atomic mass is 35.5. The van der Waals surface area contributed by atoms with E-state index in [2.05, 4.69) is 36.6 Å². The molecule has 3 rings (SSSR count). The van der Waals surface area contributed by atoms with Crippen molar-refractivity contribution in [3.8, 4) is 0 Å². The van der Waals surface area contributed by atoms with Gasteiger partial charge < -0.3 is 10.6 Å². The van der Waals surface area contributed by atoms with Crippen LogP contribution in [0.2, 0.25) is 5.02 Å². The highest BCUT2D eigenvalue weighted by Crippen LogP contribution is 2.21. The van der Waals surface area contributed by atoms with E-state index in [9.17, 15) is 9.59 Å². The summed E-state index contributed by atoms with van der Waals surface area (Å²) in [5.74, 6) is -0.108. The molecule has 3 aromatic rings. The third-order valence-corrected chi connectivity index (χ3v) is 5.23. The van der Waals surface area contributed by atoms with E-state index in [1.807, 2.05) is 19.1 Å². The zero-order valence-electron chi connectivity index (χ0n) is 18.0. The molecule has 3 aromatic carbocycles. The number of anilines is 2. The van der Waals surface area contributed by atoms with E-state index in [1.54, 1.807) is 48.5 Å². The fraction of sp³-hybridized carbons (Fsp3) is 0.231. The molecule has 2 amide bonds. The monoisotopic (exact) mass is 434 g/mol. The third kappa shape index (κ3) is 6.43. The van der Waals surface area contributed by atoms with Crippen molar-refractivity contribution in [1.29, 1.82) is 0 Å². The van der Waals surface area contributed by atoms with Crippen LogP contribution in [-0.2, 0) is 11.2 Å². The number of benzene rings is 3. The van der Waals surface area contributed by atoms with Gasteiger partial charge in [0.25, 0.3) is 5.91 Å². The quantitative estimate of drug-likeness (QED) is 0.444. The fourth-order valence-corrected chi connectivity index (χ4v) is 3.51. The molecule has 0 heterocycles. The van der Waals surface area contributed by atoms with Crippen LogP contribution in [0.1, 0.15) is 48.2 Å². The van der Waals surface area contributed by atoms with E-state index in [0.717, 1.165) is 12.0 Å². The topological polar surface area (TPSA) is 58.2 Å². The average molecular weight is 435 g/mol. The first-order chi connectivity index (χ1) is 14.8. The Labute approximate surface area is 188 Å². The number of rotatable bonds is 7. The molecule has 2 N–H and O–H groups in total. The van der Waals surface area contributed by atoms with Crippen LogP contribution in [0.25, 0.3) is 0 Å². The second-order valence-corrected chi connectivity index (χ2v) is 8.53. The molecule has 0 spiro atoms. The molecule has 160 valence electrons. The van der Waals surface area contributed by atoms with Crippen LogP contribution in [0.3, 0.4) is 0 Å². The molecule has 0 saturated carbocycles. The van der Waals surface area contributed by atoms with E-state index >= 15 is 0 Å². The second-order valence-electron chi connectivity index (χ2n) is 8.10. The SMILES string of the molecule is CC(C)Cc1ccc(C(C)C(=O)Nc2cccc(C(=O)Nc3cccc(Cl)c3)c2)cc1. The van der Waals surface area contributed by atoms with Gasteiger partial charge in [-0.15, -0.1) is 0 Å². The third-order valence-electron chi connectivity index (χ3n) is 4.99. The molecular formula is C26H27ClN2O2. The number of nitrogens with one attached hydrogen (secondary N) is 2. The lowest BCUT2D eigenvalue weighted by Gasteiger charge is -2.14. The van der Waals surface area contributed by atoms with Gasteiger partial charge in [-0.1, -0.05) is 61.8 Å². The predicted octanol–water partition coefficient (Wildman–Crippen LogP) is 6.53. The van der Waals surface area contributed by atoms with Gasteiger partial charge in [0.15, 0.2) is 0 Å². The number of hydrogen-bond acceptors (Lipinski definition) is 2. The van der Waals surface area contributed by atoms with Gasteiger partial charge in [0, 0.05) is 22.0 Å². The minimum absolute atomic E-state index is 0.121. The Hall–Kier alpha value is -3.11. The molecule has 4 nitrogen and oxygen atoms in total. The molecule has 0 radical (unpaired) electrons. The molecular weight excluding hydrogens is 408 g/mol. The minimum atomic E-state index is -0.308. The van der Waals surface area contributed by atoms with Gasteiger partial charge in [-0.2, -0.15) is 0 Å². The Morgan fingerprint density at radius 1 is 0.839 bits per heavy atom. The number of hydrogen-bond donors (Lipinski definition) is 2. The summed E-state index contributed by atoms with van der Waals surface area (Å²) in [6.45, 7) is 6.25. The summed E-state index contributed by atoms with van der Waals surface area (Å²) < 4.78 is 0. The number of carbonyl (C=O) groups excluding carboxylic acids is 2. The molecule has 31 heavy (non-hydrogen) atoms. The Morgan fingerprint density at radius 2 is 1.48 bits per heavy atom. The van der Waals surface area contributed by atoms with E-state index in [0.29, 0.717) is 27.9 Å². The van der Waals surface area contributed by atoms with Crippen molar-refractivity contribution in [2.45, 2.75) is 33.1 Å².